The Kier molecular flexibility index (Phi) is 4.38. The third-order valence-corrected chi connectivity index (χ3v) is 5.25. The van der Waals surface area contributed by atoms with Gasteiger partial charge in [-0.1, -0.05) is 17.7 Å². The number of hydrogen-bond donors (Lipinski definition) is 1. The quantitative estimate of drug-likeness (QED) is 0.918. The summed E-state index contributed by atoms with van der Waals surface area (Å²) in [5.41, 5.74) is 7.78. The van der Waals surface area contributed by atoms with Gasteiger partial charge in [0.15, 0.2) is 9.84 Å². The first-order chi connectivity index (χ1) is 8.87. The van der Waals surface area contributed by atoms with E-state index in [9.17, 15) is 8.42 Å². The van der Waals surface area contributed by atoms with Crippen LogP contribution in [0, 0.1) is 0 Å². The molecule has 0 aromatic heterocycles. The molecule has 1 aromatic rings. The zero-order chi connectivity index (χ0) is 14.0. The van der Waals surface area contributed by atoms with Gasteiger partial charge in [0.2, 0.25) is 0 Å². The van der Waals surface area contributed by atoms with Crippen LogP contribution in [0.25, 0.3) is 0 Å². The lowest BCUT2D eigenvalue weighted by Crippen LogP contribution is -2.40. The molecule has 1 unspecified atom stereocenters. The number of halogens is 1. The van der Waals surface area contributed by atoms with Crippen molar-refractivity contribution in [2.45, 2.75) is 19.4 Å². The molecule has 19 heavy (non-hydrogen) atoms. The van der Waals surface area contributed by atoms with Gasteiger partial charge in [-0.15, -0.1) is 0 Å². The Labute approximate surface area is 119 Å². The highest BCUT2D eigenvalue weighted by molar-refractivity contribution is 7.91. The van der Waals surface area contributed by atoms with E-state index in [2.05, 4.69) is 4.90 Å². The summed E-state index contributed by atoms with van der Waals surface area (Å²) in [6, 6.07) is 5.94. The van der Waals surface area contributed by atoms with Gasteiger partial charge in [-0.25, -0.2) is 8.42 Å². The zero-order valence-electron chi connectivity index (χ0n) is 11.0. The number of nitrogens with zero attached hydrogens (tertiary/aromatic N) is 1. The smallest absolute Gasteiger partial charge is 0.153 e. The lowest BCUT2D eigenvalue weighted by molar-refractivity contribution is 0.587. The van der Waals surface area contributed by atoms with E-state index in [4.69, 9.17) is 17.3 Å². The van der Waals surface area contributed by atoms with Gasteiger partial charge in [0, 0.05) is 29.8 Å². The highest BCUT2D eigenvalue weighted by atomic mass is 35.5. The molecule has 0 aliphatic carbocycles. The normalized spacial score (nSPS) is 20.3. The number of anilines is 1. The standard InChI is InChI=1S/C13H19ClN2O2S/c1-10(15)8-11-2-3-12(9-13(11)14)16-4-6-19(17,18)7-5-16/h2-3,9-10H,4-8,15H2,1H3. The minimum Gasteiger partial charge on any atom is -0.369 e. The van der Waals surface area contributed by atoms with Crippen molar-refractivity contribution in [2.24, 2.45) is 5.73 Å². The lowest BCUT2D eigenvalue weighted by atomic mass is 10.1. The van der Waals surface area contributed by atoms with Crippen LogP contribution in [0.1, 0.15) is 12.5 Å². The zero-order valence-corrected chi connectivity index (χ0v) is 12.5. The van der Waals surface area contributed by atoms with Crippen molar-refractivity contribution in [1.82, 2.24) is 0 Å². The summed E-state index contributed by atoms with van der Waals surface area (Å²) in [4.78, 5) is 2.06. The summed E-state index contributed by atoms with van der Waals surface area (Å²) in [7, 11) is -2.85. The molecule has 1 aromatic carbocycles. The Bertz CT molecular complexity index is 544. The van der Waals surface area contributed by atoms with Gasteiger partial charge in [0.1, 0.15) is 0 Å². The highest BCUT2D eigenvalue weighted by Gasteiger charge is 2.22. The fraction of sp³-hybridized carbons (Fsp3) is 0.538. The van der Waals surface area contributed by atoms with E-state index in [0.717, 1.165) is 17.7 Å². The van der Waals surface area contributed by atoms with Crippen LogP contribution in [0.5, 0.6) is 0 Å². The molecule has 1 aliphatic rings. The number of rotatable bonds is 3. The third-order valence-electron chi connectivity index (χ3n) is 3.29. The average molecular weight is 303 g/mol. The van der Waals surface area contributed by atoms with Gasteiger partial charge < -0.3 is 10.6 Å². The molecule has 1 heterocycles. The summed E-state index contributed by atoms with van der Waals surface area (Å²) < 4.78 is 22.8. The second-order valence-electron chi connectivity index (χ2n) is 5.10. The Balaban J connectivity index is 2.12. The average Bonchev–Trinajstić information content (AvgIpc) is 2.31. The Morgan fingerprint density at radius 1 is 1.37 bits per heavy atom. The maximum absolute atomic E-state index is 11.4. The highest BCUT2D eigenvalue weighted by Crippen LogP contribution is 2.25. The van der Waals surface area contributed by atoms with Crippen molar-refractivity contribution in [1.29, 1.82) is 0 Å². The van der Waals surface area contributed by atoms with E-state index < -0.39 is 9.84 Å². The molecule has 4 nitrogen and oxygen atoms in total. The lowest BCUT2D eigenvalue weighted by Gasteiger charge is -2.29. The first kappa shape index (κ1) is 14.6. The van der Waals surface area contributed by atoms with Crippen molar-refractivity contribution >= 4 is 27.1 Å². The molecule has 1 aliphatic heterocycles. The minimum atomic E-state index is -2.85. The predicted molar refractivity (Wildman–Crippen MR) is 79.7 cm³/mol. The Morgan fingerprint density at radius 2 is 2.00 bits per heavy atom. The molecule has 0 radical (unpaired) electrons. The predicted octanol–water partition coefficient (Wildman–Crippen LogP) is 1.46. The molecule has 0 amide bonds. The van der Waals surface area contributed by atoms with E-state index in [1.165, 1.54) is 0 Å². The minimum absolute atomic E-state index is 0.0727. The summed E-state index contributed by atoms with van der Waals surface area (Å²) in [6.45, 7) is 3.01. The van der Waals surface area contributed by atoms with Crippen LogP contribution in [0.2, 0.25) is 5.02 Å². The largest absolute Gasteiger partial charge is 0.369 e. The van der Waals surface area contributed by atoms with E-state index in [1.807, 2.05) is 25.1 Å². The van der Waals surface area contributed by atoms with Crippen LogP contribution in [0.15, 0.2) is 18.2 Å². The number of nitrogens with two attached hydrogens (primary N) is 1. The molecule has 2 rings (SSSR count). The van der Waals surface area contributed by atoms with Gasteiger partial charge in [0.25, 0.3) is 0 Å². The number of benzene rings is 1. The van der Waals surface area contributed by atoms with Crippen molar-refractivity contribution in [3.8, 4) is 0 Å². The van der Waals surface area contributed by atoms with Crippen LogP contribution in [-0.2, 0) is 16.3 Å². The second-order valence-corrected chi connectivity index (χ2v) is 7.81. The maximum Gasteiger partial charge on any atom is 0.153 e. The van der Waals surface area contributed by atoms with Crippen LogP contribution in [0.3, 0.4) is 0 Å². The first-order valence-electron chi connectivity index (χ1n) is 6.37. The van der Waals surface area contributed by atoms with Crippen LogP contribution >= 0.6 is 11.6 Å². The molecule has 0 spiro atoms. The van der Waals surface area contributed by atoms with E-state index in [0.29, 0.717) is 18.1 Å². The summed E-state index contributed by atoms with van der Waals surface area (Å²) in [5.74, 6) is 0.429. The van der Waals surface area contributed by atoms with Gasteiger partial charge >= 0.3 is 0 Å². The van der Waals surface area contributed by atoms with Crippen molar-refractivity contribution < 1.29 is 8.42 Å². The number of hydrogen-bond acceptors (Lipinski definition) is 4. The molecule has 0 bridgehead atoms. The summed E-state index contributed by atoms with van der Waals surface area (Å²) in [6.07, 6.45) is 0.744. The van der Waals surface area contributed by atoms with Gasteiger partial charge in [-0.05, 0) is 31.0 Å². The molecule has 0 saturated carbocycles. The Hall–Kier alpha value is -0.780. The fourth-order valence-corrected chi connectivity index (χ4v) is 3.67. The van der Waals surface area contributed by atoms with Gasteiger partial charge in [-0.3, -0.25) is 0 Å². The van der Waals surface area contributed by atoms with Crippen molar-refractivity contribution in [3.63, 3.8) is 0 Å². The monoisotopic (exact) mass is 302 g/mol. The molecular formula is C13H19ClN2O2S. The molecular weight excluding hydrogens is 284 g/mol. The van der Waals surface area contributed by atoms with Crippen molar-refractivity contribution in [2.75, 3.05) is 29.5 Å². The molecule has 6 heteroatoms. The van der Waals surface area contributed by atoms with E-state index >= 15 is 0 Å². The van der Waals surface area contributed by atoms with Crippen LogP contribution < -0.4 is 10.6 Å². The third kappa shape index (κ3) is 3.84. The summed E-state index contributed by atoms with van der Waals surface area (Å²) in [5, 5.41) is 0.697. The Morgan fingerprint density at radius 3 is 2.53 bits per heavy atom. The molecule has 2 N–H and O–H groups in total. The fourth-order valence-electron chi connectivity index (χ4n) is 2.22. The van der Waals surface area contributed by atoms with Crippen LogP contribution in [0.4, 0.5) is 5.69 Å². The topological polar surface area (TPSA) is 63.4 Å². The SMILES string of the molecule is CC(N)Cc1ccc(N2CCS(=O)(=O)CC2)cc1Cl. The molecule has 1 fully saturated rings. The van der Waals surface area contributed by atoms with Crippen molar-refractivity contribution in [3.05, 3.63) is 28.8 Å². The summed E-state index contributed by atoms with van der Waals surface area (Å²) >= 11 is 6.25. The van der Waals surface area contributed by atoms with Crippen LogP contribution in [-0.4, -0.2) is 39.1 Å². The molecule has 106 valence electrons. The molecule has 1 saturated heterocycles. The first-order valence-corrected chi connectivity index (χ1v) is 8.57. The van der Waals surface area contributed by atoms with E-state index in [-0.39, 0.29) is 17.5 Å². The van der Waals surface area contributed by atoms with E-state index in [1.54, 1.807) is 0 Å². The maximum atomic E-state index is 11.4. The number of sulfone groups is 1. The molecule has 1 atom stereocenters. The second kappa shape index (κ2) is 5.69. The van der Waals surface area contributed by atoms with Gasteiger partial charge in [0.05, 0.1) is 11.5 Å². The van der Waals surface area contributed by atoms with Gasteiger partial charge in [-0.2, -0.15) is 0 Å².